The van der Waals surface area contributed by atoms with Gasteiger partial charge in [-0.3, -0.25) is 14.3 Å². The van der Waals surface area contributed by atoms with Crippen molar-refractivity contribution in [2.75, 3.05) is 10.0 Å². The smallest absolute Gasteiger partial charge is 0.262 e. The largest absolute Gasteiger partial charge is 0.326 e. The van der Waals surface area contributed by atoms with Crippen LogP contribution in [0.2, 0.25) is 0 Å². The van der Waals surface area contributed by atoms with Gasteiger partial charge in [0, 0.05) is 18.2 Å². The van der Waals surface area contributed by atoms with E-state index >= 15 is 0 Å². The number of benzene rings is 2. The number of nitrogens with one attached hydrogen (secondary N) is 2. The van der Waals surface area contributed by atoms with Gasteiger partial charge in [-0.25, -0.2) is 12.8 Å². The van der Waals surface area contributed by atoms with Gasteiger partial charge in [0.1, 0.15) is 5.82 Å². The van der Waals surface area contributed by atoms with E-state index in [1.807, 2.05) is 0 Å². The molecule has 0 heterocycles. The molecular weight excluding hydrogens is 335 g/mol. The lowest BCUT2D eigenvalue weighted by Crippen LogP contribution is -2.15. The van der Waals surface area contributed by atoms with E-state index in [0.29, 0.717) is 0 Å². The molecule has 0 aliphatic rings. The highest BCUT2D eigenvalue weighted by molar-refractivity contribution is 7.92. The summed E-state index contributed by atoms with van der Waals surface area (Å²) in [6.45, 7) is 2.59. The van der Waals surface area contributed by atoms with Crippen molar-refractivity contribution in [2.45, 2.75) is 18.7 Å². The van der Waals surface area contributed by atoms with E-state index in [1.54, 1.807) is 0 Å². The molecule has 2 aromatic carbocycles. The van der Waals surface area contributed by atoms with E-state index in [1.165, 1.54) is 50.2 Å². The lowest BCUT2D eigenvalue weighted by Gasteiger charge is -2.11. The van der Waals surface area contributed by atoms with Gasteiger partial charge in [0.2, 0.25) is 5.91 Å². The van der Waals surface area contributed by atoms with Gasteiger partial charge in [-0.1, -0.05) is 12.1 Å². The molecule has 0 spiro atoms. The summed E-state index contributed by atoms with van der Waals surface area (Å²) in [5.74, 6) is -1.45. The highest BCUT2D eigenvalue weighted by atomic mass is 32.2. The van der Waals surface area contributed by atoms with Crippen LogP contribution in [0.3, 0.4) is 0 Å². The average molecular weight is 350 g/mol. The summed E-state index contributed by atoms with van der Waals surface area (Å²) >= 11 is 0. The maximum Gasteiger partial charge on any atom is 0.262 e. The van der Waals surface area contributed by atoms with E-state index in [-0.39, 0.29) is 33.5 Å². The van der Waals surface area contributed by atoms with Gasteiger partial charge < -0.3 is 5.32 Å². The van der Waals surface area contributed by atoms with Crippen LogP contribution >= 0.6 is 0 Å². The number of halogens is 1. The molecule has 2 N–H and O–H groups in total. The lowest BCUT2D eigenvalue weighted by atomic mass is 10.2. The SMILES string of the molecule is CC(=O)Nc1ccc(F)c(NS(=O)(=O)c2cccc(C(C)=O)c2)c1. The van der Waals surface area contributed by atoms with Crippen molar-refractivity contribution < 1.29 is 22.4 Å². The summed E-state index contributed by atoms with van der Waals surface area (Å²) in [7, 11) is -4.09. The van der Waals surface area contributed by atoms with Crippen LogP contribution in [0.4, 0.5) is 15.8 Å². The first kappa shape index (κ1) is 17.6. The zero-order valence-corrected chi connectivity index (χ0v) is 13.8. The quantitative estimate of drug-likeness (QED) is 0.811. The fourth-order valence-electron chi connectivity index (χ4n) is 1.97. The van der Waals surface area contributed by atoms with Crippen LogP contribution in [0.25, 0.3) is 0 Å². The summed E-state index contributed by atoms with van der Waals surface area (Å²) in [5, 5.41) is 2.44. The predicted molar refractivity (Wildman–Crippen MR) is 88.0 cm³/mol. The molecule has 0 saturated carbocycles. The monoisotopic (exact) mass is 350 g/mol. The van der Waals surface area contributed by atoms with Gasteiger partial charge in [0.15, 0.2) is 5.78 Å². The van der Waals surface area contributed by atoms with E-state index < -0.39 is 15.8 Å². The Kier molecular flexibility index (Phi) is 4.99. The maximum absolute atomic E-state index is 13.9. The Hall–Kier alpha value is -2.74. The van der Waals surface area contributed by atoms with Crippen molar-refractivity contribution in [3.05, 3.63) is 53.8 Å². The molecule has 0 aliphatic carbocycles. The normalized spacial score (nSPS) is 11.0. The van der Waals surface area contributed by atoms with Crippen LogP contribution in [-0.2, 0) is 14.8 Å². The molecule has 0 unspecified atom stereocenters. The Morgan fingerprint density at radius 3 is 2.38 bits per heavy atom. The van der Waals surface area contributed by atoms with Gasteiger partial charge >= 0.3 is 0 Å². The lowest BCUT2D eigenvalue weighted by molar-refractivity contribution is -0.114. The van der Waals surface area contributed by atoms with Crippen LogP contribution in [0.15, 0.2) is 47.4 Å². The molecule has 0 aromatic heterocycles. The van der Waals surface area contributed by atoms with E-state index in [9.17, 15) is 22.4 Å². The molecule has 0 fully saturated rings. The van der Waals surface area contributed by atoms with Gasteiger partial charge in [-0.15, -0.1) is 0 Å². The van der Waals surface area contributed by atoms with Crippen molar-refractivity contribution in [2.24, 2.45) is 0 Å². The first-order valence-corrected chi connectivity index (χ1v) is 8.38. The third-order valence-electron chi connectivity index (χ3n) is 3.08. The minimum Gasteiger partial charge on any atom is -0.326 e. The molecule has 8 heteroatoms. The molecule has 1 amide bonds. The standard InChI is InChI=1S/C16H15FN2O4S/c1-10(20)12-4-3-5-14(8-12)24(22,23)19-16-9-13(18-11(2)21)6-7-15(16)17/h3-9,19H,1-2H3,(H,18,21). The van der Waals surface area contributed by atoms with Crippen molar-refractivity contribution >= 4 is 33.1 Å². The molecule has 24 heavy (non-hydrogen) atoms. The number of Topliss-reactive ketones (excluding diaryl/α,β-unsaturated/α-hetero) is 1. The molecule has 0 saturated heterocycles. The number of rotatable bonds is 5. The van der Waals surface area contributed by atoms with Gasteiger partial charge in [-0.05, 0) is 37.3 Å². The number of sulfonamides is 1. The van der Waals surface area contributed by atoms with Crippen molar-refractivity contribution in [1.29, 1.82) is 0 Å². The second-order valence-corrected chi connectivity index (χ2v) is 6.75. The number of carbonyl (C=O) groups is 2. The summed E-state index contributed by atoms with van der Waals surface area (Å²) < 4.78 is 40.8. The van der Waals surface area contributed by atoms with E-state index in [4.69, 9.17) is 0 Å². The molecular formula is C16H15FN2O4S. The molecule has 0 aliphatic heterocycles. The number of ketones is 1. The molecule has 6 nitrogen and oxygen atoms in total. The van der Waals surface area contributed by atoms with Crippen LogP contribution < -0.4 is 10.0 Å². The first-order chi connectivity index (χ1) is 11.2. The first-order valence-electron chi connectivity index (χ1n) is 6.90. The minimum absolute atomic E-state index is 0.167. The zero-order chi connectivity index (χ0) is 17.9. The van der Waals surface area contributed by atoms with Gasteiger partial charge in [0.25, 0.3) is 10.0 Å². The average Bonchev–Trinajstić information content (AvgIpc) is 2.50. The summed E-state index contributed by atoms with van der Waals surface area (Å²) in [4.78, 5) is 22.2. The highest BCUT2D eigenvalue weighted by Crippen LogP contribution is 2.23. The van der Waals surface area contributed by atoms with Crippen LogP contribution in [0.5, 0.6) is 0 Å². The summed E-state index contributed by atoms with van der Waals surface area (Å²) in [6.07, 6.45) is 0. The molecule has 126 valence electrons. The highest BCUT2D eigenvalue weighted by Gasteiger charge is 2.18. The predicted octanol–water partition coefficient (Wildman–Crippen LogP) is 2.79. The van der Waals surface area contributed by atoms with Gasteiger partial charge in [0.05, 0.1) is 10.6 Å². The number of amides is 1. The van der Waals surface area contributed by atoms with Crippen LogP contribution in [-0.4, -0.2) is 20.1 Å². The Labute approximate surface area is 138 Å². The third-order valence-corrected chi connectivity index (χ3v) is 4.45. The second kappa shape index (κ2) is 6.79. The second-order valence-electron chi connectivity index (χ2n) is 5.07. The minimum atomic E-state index is -4.09. The third kappa shape index (κ3) is 4.17. The molecule has 2 rings (SSSR count). The zero-order valence-electron chi connectivity index (χ0n) is 13.0. The molecule has 0 atom stereocenters. The molecule has 0 radical (unpaired) electrons. The Bertz CT molecular complexity index is 910. The molecule has 2 aromatic rings. The van der Waals surface area contributed by atoms with Crippen LogP contribution in [0.1, 0.15) is 24.2 Å². The molecule has 0 bridgehead atoms. The van der Waals surface area contributed by atoms with E-state index in [2.05, 4.69) is 10.0 Å². The number of carbonyl (C=O) groups excluding carboxylic acids is 2. The Morgan fingerprint density at radius 1 is 1.04 bits per heavy atom. The summed E-state index contributed by atoms with van der Waals surface area (Å²) in [6, 6.07) is 8.93. The van der Waals surface area contributed by atoms with Crippen molar-refractivity contribution in [3.8, 4) is 0 Å². The Morgan fingerprint density at radius 2 is 1.75 bits per heavy atom. The van der Waals surface area contributed by atoms with Crippen molar-refractivity contribution in [1.82, 2.24) is 0 Å². The maximum atomic E-state index is 13.9. The van der Waals surface area contributed by atoms with E-state index in [0.717, 1.165) is 6.07 Å². The summed E-state index contributed by atoms with van der Waals surface area (Å²) in [5.41, 5.74) is 0.166. The van der Waals surface area contributed by atoms with Crippen molar-refractivity contribution in [3.63, 3.8) is 0 Å². The topological polar surface area (TPSA) is 92.3 Å². The van der Waals surface area contributed by atoms with Crippen LogP contribution in [0, 0.1) is 5.82 Å². The number of anilines is 2. The number of hydrogen-bond donors (Lipinski definition) is 2. The fraction of sp³-hybridized carbons (Fsp3) is 0.125. The number of hydrogen-bond acceptors (Lipinski definition) is 4. The fourth-order valence-corrected chi connectivity index (χ4v) is 3.07. The van der Waals surface area contributed by atoms with Gasteiger partial charge in [-0.2, -0.15) is 0 Å². The Balaban J connectivity index is 2.37.